The number of carboxylic acid groups (broad SMARTS) is 1. The predicted molar refractivity (Wildman–Crippen MR) is 104 cm³/mol. The van der Waals surface area contributed by atoms with Crippen LogP contribution in [-0.4, -0.2) is 37.8 Å². The summed E-state index contributed by atoms with van der Waals surface area (Å²) in [6, 6.07) is 5.85. The van der Waals surface area contributed by atoms with E-state index in [1.54, 1.807) is 6.07 Å². The number of hydrogen-bond donors (Lipinski definition) is 2. The first-order valence-corrected chi connectivity index (χ1v) is 9.88. The molecule has 1 unspecified atom stereocenters. The molecule has 4 heterocycles. The smallest absolute Gasteiger partial charge is 0.438 e. The van der Waals surface area contributed by atoms with Crippen molar-refractivity contribution in [2.75, 3.05) is 6.61 Å². The summed E-state index contributed by atoms with van der Waals surface area (Å²) in [4.78, 5) is 26.1. The van der Waals surface area contributed by atoms with Gasteiger partial charge in [-0.05, 0) is 69.2 Å². The number of nitrogens with one attached hydrogen (secondary N) is 1. The molecular formula is C21H23N3O5. The van der Waals surface area contributed by atoms with Crippen LogP contribution in [-0.2, 0) is 10.2 Å². The molecule has 2 fully saturated rings. The Morgan fingerprint density at radius 1 is 1.34 bits per heavy atom. The van der Waals surface area contributed by atoms with Gasteiger partial charge in [0.15, 0.2) is 5.82 Å². The van der Waals surface area contributed by atoms with Crippen LogP contribution in [0.25, 0.3) is 5.52 Å². The number of ether oxygens (including phenoxy) is 1. The fourth-order valence-electron chi connectivity index (χ4n) is 4.76. The van der Waals surface area contributed by atoms with Gasteiger partial charge in [-0.15, -0.1) is 0 Å². The second kappa shape index (κ2) is 6.06. The molecule has 1 saturated heterocycles. The number of pyridine rings is 1. The molecule has 0 bridgehead atoms. The molecule has 0 radical (unpaired) electrons. The van der Waals surface area contributed by atoms with Gasteiger partial charge in [0, 0.05) is 18.3 Å². The lowest BCUT2D eigenvalue weighted by Crippen LogP contribution is -2.33. The minimum atomic E-state index is -0.991. The highest BCUT2D eigenvalue weighted by Crippen LogP contribution is 2.53. The third-order valence-corrected chi connectivity index (χ3v) is 6.29. The van der Waals surface area contributed by atoms with E-state index in [0.717, 1.165) is 25.0 Å². The molecular weight excluding hydrogens is 374 g/mol. The molecule has 0 spiro atoms. The number of hydrogen-bond acceptors (Lipinski definition) is 5. The molecule has 2 aliphatic rings. The van der Waals surface area contributed by atoms with E-state index in [-0.39, 0.29) is 11.2 Å². The number of carbonyl (C=O) groups is 1. The van der Waals surface area contributed by atoms with Crippen LogP contribution in [0.3, 0.4) is 0 Å². The van der Waals surface area contributed by atoms with Crippen LogP contribution in [0.15, 0.2) is 33.7 Å². The summed E-state index contributed by atoms with van der Waals surface area (Å²) < 4.78 is 12.4. The van der Waals surface area contributed by atoms with Crippen molar-refractivity contribution >= 4 is 11.5 Å². The Hall–Kier alpha value is -2.87. The quantitative estimate of drug-likeness (QED) is 0.700. The Balaban J connectivity index is 1.63. The Morgan fingerprint density at radius 2 is 2.14 bits per heavy atom. The SMILES string of the molecule is CC1(C)CC(c2ccn3c(C4(c5noc(=O)[nH]5)CC4)c(C(=O)O)cc3c2)CCO1. The molecule has 0 aromatic carbocycles. The third-order valence-electron chi connectivity index (χ3n) is 6.29. The number of aromatic carboxylic acids is 1. The zero-order valence-electron chi connectivity index (χ0n) is 16.4. The van der Waals surface area contributed by atoms with Gasteiger partial charge in [0.25, 0.3) is 0 Å². The van der Waals surface area contributed by atoms with E-state index in [9.17, 15) is 14.7 Å². The van der Waals surface area contributed by atoms with Gasteiger partial charge in [0.05, 0.1) is 22.3 Å². The van der Waals surface area contributed by atoms with Gasteiger partial charge < -0.3 is 14.2 Å². The fourth-order valence-corrected chi connectivity index (χ4v) is 4.76. The average molecular weight is 397 g/mol. The molecule has 1 saturated carbocycles. The molecule has 2 N–H and O–H groups in total. The van der Waals surface area contributed by atoms with Crippen molar-refractivity contribution in [3.63, 3.8) is 0 Å². The molecule has 8 heteroatoms. The van der Waals surface area contributed by atoms with E-state index in [1.165, 1.54) is 5.56 Å². The van der Waals surface area contributed by atoms with Crippen LogP contribution in [0.5, 0.6) is 0 Å². The van der Waals surface area contributed by atoms with Gasteiger partial charge in [-0.3, -0.25) is 9.51 Å². The van der Waals surface area contributed by atoms with Crippen molar-refractivity contribution in [3.8, 4) is 0 Å². The minimum absolute atomic E-state index is 0.161. The fraction of sp³-hybridized carbons (Fsp3) is 0.476. The Bertz CT molecular complexity index is 1160. The Kier molecular flexibility index (Phi) is 3.80. The molecule has 3 aromatic heterocycles. The van der Waals surface area contributed by atoms with Crippen molar-refractivity contribution in [2.24, 2.45) is 0 Å². The predicted octanol–water partition coefficient (Wildman–Crippen LogP) is 3.07. The minimum Gasteiger partial charge on any atom is -0.478 e. The third kappa shape index (κ3) is 2.90. The second-order valence-electron chi connectivity index (χ2n) is 8.79. The molecule has 152 valence electrons. The van der Waals surface area contributed by atoms with Gasteiger partial charge in [-0.25, -0.2) is 9.59 Å². The average Bonchev–Trinajstić information content (AvgIpc) is 3.17. The van der Waals surface area contributed by atoms with E-state index in [1.807, 2.05) is 10.6 Å². The molecule has 29 heavy (non-hydrogen) atoms. The summed E-state index contributed by atoms with van der Waals surface area (Å²) in [6.45, 7) is 4.92. The van der Waals surface area contributed by atoms with E-state index < -0.39 is 17.1 Å². The standard InChI is InChI=1S/C21H23N3O5/c1-20(2)11-13(4-8-28-20)12-3-7-24-14(9-12)10-15(17(25)26)16(24)21(5-6-21)18-22-19(27)29-23-18/h3,7,9-10,13H,4-6,8,11H2,1-2H3,(H,25,26)(H,22,23,27). The summed E-state index contributed by atoms with van der Waals surface area (Å²) in [5, 5.41) is 13.7. The zero-order valence-corrected chi connectivity index (χ0v) is 16.4. The van der Waals surface area contributed by atoms with Crippen LogP contribution in [0.1, 0.15) is 72.9 Å². The van der Waals surface area contributed by atoms with Crippen LogP contribution in [0.2, 0.25) is 0 Å². The van der Waals surface area contributed by atoms with Crippen molar-refractivity contribution in [3.05, 3.63) is 57.6 Å². The number of rotatable bonds is 4. The summed E-state index contributed by atoms with van der Waals surface area (Å²) in [7, 11) is 0. The molecule has 1 atom stereocenters. The number of aromatic amines is 1. The monoisotopic (exact) mass is 397 g/mol. The van der Waals surface area contributed by atoms with Crippen molar-refractivity contribution < 1.29 is 19.2 Å². The van der Waals surface area contributed by atoms with Gasteiger partial charge in [0.2, 0.25) is 0 Å². The zero-order chi connectivity index (χ0) is 20.4. The van der Waals surface area contributed by atoms with E-state index >= 15 is 0 Å². The lowest BCUT2D eigenvalue weighted by atomic mass is 9.84. The highest BCUT2D eigenvalue weighted by atomic mass is 16.5. The highest BCUT2D eigenvalue weighted by molar-refractivity contribution is 5.92. The van der Waals surface area contributed by atoms with Gasteiger partial charge >= 0.3 is 11.7 Å². The highest BCUT2D eigenvalue weighted by Gasteiger charge is 2.53. The second-order valence-corrected chi connectivity index (χ2v) is 8.79. The Labute approximate surface area is 166 Å². The van der Waals surface area contributed by atoms with Crippen molar-refractivity contribution in [1.29, 1.82) is 0 Å². The van der Waals surface area contributed by atoms with Gasteiger partial charge in [-0.1, -0.05) is 5.16 Å². The molecule has 5 rings (SSSR count). The number of carboxylic acids is 1. The molecule has 1 aliphatic carbocycles. The first-order chi connectivity index (χ1) is 13.8. The number of fused-ring (bicyclic) bond motifs is 1. The number of nitrogens with zero attached hydrogens (tertiary/aromatic N) is 2. The number of H-pyrrole nitrogens is 1. The lowest BCUT2D eigenvalue weighted by Gasteiger charge is -2.35. The summed E-state index contributed by atoms with van der Waals surface area (Å²) in [5.74, 6) is -0.861. The molecule has 0 amide bonds. The van der Waals surface area contributed by atoms with Crippen LogP contribution < -0.4 is 5.76 Å². The Morgan fingerprint density at radius 3 is 2.76 bits per heavy atom. The summed E-state index contributed by atoms with van der Waals surface area (Å²) >= 11 is 0. The topological polar surface area (TPSA) is 110 Å². The van der Waals surface area contributed by atoms with E-state index in [2.05, 4.69) is 40.6 Å². The van der Waals surface area contributed by atoms with Gasteiger partial charge in [-0.2, -0.15) is 0 Å². The largest absolute Gasteiger partial charge is 0.478 e. The summed E-state index contributed by atoms with van der Waals surface area (Å²) in [5.41, 5.74) is 2.10. The van der Waals surface area contributed by atoms with Crippen LogP contribution in [0, 0.1) is 0 Å². The maximum absolute atomic E-state index is 12.0. The van der Waals surface area contributed by atoms with Gasteiger partial charge in [0.1, 0.15) is 0 Å². The van der Waals surface area contributed by atoms with Crippen molar-refractivity contribution in [1.82, 2.24) is 14.5 Å². The number of aromatic nitrogens is 3. The molecule has 8 nitrogen and oxygen atoms in total. The first kappa shape index (κ1) is 18.2. The summed E-state index contributed by atoms with van der Waals surface area (Å²) in [6.07, 6.45) is 5.22. The van der Waals surface area contributed by atoms with E-state index in [0.29, 0.717) is 30.3 Å². The molecule has 1 aliphatic heterocycles. The molecule has 3 aromatic rings. The normalized spacial score (nSPS) is 22.6. The maximum Gasteiger partial charge on any atom is 0.438 e. The first-order valence-electron chi connectivity index (χ1n) is 9.88. The lowest BCUT2D eigenvalue weighted by molar-refractivity contribution is -0.0593. The maximum atomic E-state index is 12.0. The van der Waals surface area contributed by atoms with Crippen LogP contribution >= 0.6 is 0 Å². The van der Waals surface area contributed by atoms with Crippen LogP contribution in [0.4, 0.5) is 0 Å². The van der Waals surface area contributed by atoms with E-state index in [4.69, 9.17) is 4.74 Å². The van der Waals surface area contributed by atoms with Crippen molar-refractivity contribution in [2.45, 2.75) is 56.5 Å².